The third-order valence-corrected chi connectivity index (χ3v) is 3.33. The van der Waals surface area contributed by atoms with Gasteiger partial charge in [0.25, 0.3) is 0 Å². The van der Waals surface area contributed by atoms with E-state index in [1.54, 1.807) is 37.3 Å². The van der Waals surface area contributed by atoms with Crippen molar-refractivity contribution in [3.8, 4) is 0 Å². The van der Waals surface area contributed by atoms with Crippen molar-refractivity contribution in [2.75, 3.05) is 0 Å². The molecule has 0 aliphatic heterocycles. The highest BCUT2D eigenvalue weighted by atomic mass is 79.9. The standard InChI is InChI=1S/C14H12BrFO/c1-14(17,10-6-8-11(15)9-7-10)12-4-2-3-5-13(12)16/h2-9,17H,1H3. The summed E-state index contributed by atoms with van der Waals surface area (Å²) in [5.41, 5.74) is -0.389. The fourth-order valence-electron chi connectivity index (χ4n) is 1.79. The molecule has 0 spiro atoms. The quantitative estimate of drug-likeness (QED) is 0.892. The Labute approximate surface area is 108 Å². The number of hydrogen-bond acceptors (Lipinski definition) is 1. The van der Waals surface area contributed by atoms with Gasteiger partial charge in [-0.3, -0.25) is 0 Å². The zero-order valence-corrected chi connectivity index (χ0v) is 10.9. The van der Waals surface area contributed by atoms with Gasteiger partial charge in [0.05, 0.1) is 0 Å². The molecule has 0 aromatic heterocycles. The maximum absolute atomic E-state index is 13.7. The van der Waals surface area contributed by atoms with Gasteiger partial charge in [0.15, 0.2) is 0 Å². The molecule has 17 heavy (non-hydrogen) atoms. The van der Waals surface area contributed by atoms with E-state index in [4.69, 9.17) is 0 Å². The molecular formula is C14H12BrFO. The minimum atomic E-state index is -1.33. The normalized spacial score (nSPS) is 14.4. The van der Waals surface area contributed by atoms with E-state index in [2.05, 4.69) is 15.9 Å². The van der Waals surface area contributed by atoms with Crippen molar-refractivity contribution in [3.63, 3.8) is 0 Å². The van der Waals surface area contributed by atoms with Crippen molar-refractivity contribution in [1.82, 2.24) is 0 Å². The largest absolute Gasteiger partial charge is 0.381 e. The molecule has 1 atom stereocenters. The molecule has 1 nitrogen and oxygen atoms in total. The van der Waals surface area contributed by atoms with Crippen molar-refractivity contribution in [2.45, 2.75) is 12.5 Å². The van der Waals surface area contributed by atoms with Crippen LogP contribution in [0.1, 0.15) is 18.1 Å². The molecule has 0 saturated carbocycles. The summed E-state index contributed by atoms with van der Waals surface area (Å²) in [6.07, 6.45) is 0. The van der Waals surface area contributed by atoms with Gasteiger partial charge in [-0.25, -0.2) is 4.39 Å². The molecule has 2 rings (SSSR count). The predicted octanol–water partition coefficient (Wildman–Crippen LogP) is 3.84. The van der Waals surface area contributed by atoms with Gasteiger partial charge >= 0.3 is 0 Å². The summed E-state index contributed by atoms with van der Waals surface area (Å²) in [4.78, 5) is 0. The second-order valence-electron chi connectivity index (χ2n) is 4.06. The van der Waals surface area contributed by atoms with Crippen LogP contribution >= 0.6 is 15.9 Å². The second kappa shape index (κ2) is 4.59. The monoisotopic (exact) mass is 294 g/mol. The zero-order valence-electron chi connectivity index (χ0n) is 9.32. The van der Waals surface area contributed by atoms with Gasteiger partial charge in [-0.2, -0.15) is 0 Å². The molecule has 1 unspecified atom stereocenters. The highest BCUT2D eigenvalue weighted by molar-refractivity contribution is 9.10. The van der Waals surface area contributed by atoms with Gasteiger partial charge in [-0.1, -0.05) is 46.3 Å². The fraction of sp³-hybridized carbons (Fsp3) is 0.143. The Morgan fingerprint density at radius 1 is 1.06 bits per heavy atom. The Morgan fingerprint density at radius 3 is 2.24 bits per heavy atom. The number of benzene rings is 2. The van der Waals surface area contributed by atoms with E-state index in [1.807, 2.05) is 12.1 Å². The van der Waals surface area contributed by atoms with Crippen molar-refractivity contribution in [2.24, 2.45) is 0 Å². The summed E-state index contributed by atoms with van der Waals surface area (Å²) in [6.45, 7) is 1.59. The SMILES string of the molecule is CC(O)(c1ccc(Br)cc1)c1ccccc1F. The first kappa shape index (κ1) is 12.3. The van der Waals surface area contributed by atoms with Gasteiger partial charge < -0.3 is 5.11 Å². The topological polar surface area (TPSA) is 20.2 Å². The molecule has 2 aromatic carbocycles. The van der Waals surface area contributed by atoms with Crippen molar-refractivity contribution in [3.05, 3.63) is 69.9 Å². The molecule has 0 heterocycles. The van der Waals surface area contributed by atoms with Crippen molar-refractivity contribution in [1.29, 1.82) is 0 Å². The lowest BCUT2D eigenvalue weighted by atomic mass is 9.88. The molecular weight excluding hydrogens is 283 g/mol. The maximum atomic E-state index is 13.7. The number of rotatable bonds is 2. The Morgan fingerprint density at radius 2 is 1.65 bits per heavy atom. The number of aliphatic hydroxyl groups is 1. The van der Waals surface area contributed by atoms with E-state index < -0.39 is 11.4 Å². The summed E-state index contributed by atoms with van der Waals surface area (Å²) in [5.74, 6) is -0.402. The average molecular weight is 295 g/mol. The lowest BCUT2D eigenvalue weighted by Gasteiger charge is -2.25. The Bertz CT molecular complexity index is 520. The van der Waals surface area contributed by atoms with E-state index in [0.717, 1.165) is 4.47 Å². The van der Waals surface area contributed by atoms with Crippen LogP contribution < -0.4 is 0 Å². The summed E-state index contributed by atoms with van der Waals surface area (Å²) in [7, 11) is 0. The van der Waals surface area contributed by atoms with Crippen LogP contribution in [0.5, 0.6) is 0 Å². The summed E-state index contributed by atoms with van der Waals surface area (Å²) in [5, 5.41) is 10.5. The first-order valence-corrected chi connectivity index (χ1v) is 6.04. The molecule has 0 saturated heterocycles. The summed E-state index contributed by atoms with van der Waals surface area (Å²) >= 11 is 3.33. The average Bonchev–Trinajstić information content (AvgIpc) is 2.30. The van der Waals surface area contributed by atoms with Crippen LogP contribution in [0.15, 0.2) is 53.0 Å². The second-order valence-corrected chi connectivity index (χ2v) is 4.97. The van der Waals surface area contributed by atoms with Crippen LogP contribution in [0.2, 0.25) is 0 Å². The van der Waals surface area contributed by atoms with Gasteiger partial charge in [0.2, 0.25) is 0 Å². The minimum Gasteiger partial charge on any atom is -0.381 e. The van der Waals surface area contributed by atoms with Crippen LogP contribution in [-0.4, -0.2) is 5.11 Å². The zero-order chi connectivity index (χ0) is 12.5. The van der Waals surface area contributed by atoms with Crippen LogP contribution in [0, 0.1) is 5.82 Å². The van der Waals surface area contributed by atoms with Gasteiger partial charge in [0, 0.05) is 10.0 Å². The predicted molar refractivity (Wildman–Crippen MR) is 69.2 cm³/mol. The Balaban J connectivity index is 2.49. The van der Waals surface area contributed by atoms with E-state index in [1.165, 1.54) is 6.07 Å². The molecule has 0 aliphatic carbocycles. The van der Waals surface area contributed by atoms with Crippen molar-refractivity contribution >= 4 is 15.9 Å². The molecule has 1 N–H and O–H groups in total. The molecule has 0 amide bonds. The lowest BCUT2D eigenvalue weighted by Crippen LogP contribution is -2.24. The lowest BCUT2D eigenvalue weighted by molar-refractivity contribution is 0.0979. The molecule has 3 heteroatoms. The van der Waals surface area contributed by atoms with Crippen LogP contribution in [-0.2, 0) is 5.60 Å². The van der Waals surface area contributed by atoms with Crippen LogP contribution in [0.3, 0.4) is 0 Å². The Kier molecular flexibility index (Phi) is 3.31. The van der Waals surface area contributed by atoms with Gasteiger partial charge in [-0.15, -0.1) is 0 Å². The van der Waals surface area contributed by atoms with Gasteiger partial charge in [0.1, 0.15) is 11.4 Å². The summed E-state index contributed by atoms with van der Waals surface area (Å²) in [6, 6.07) is 13.5. The van der Waals surface area contributed by atoms with Crippen LogP contribution in [0.25, 0.3) is 0 Å². The van der Waals surface area contributed by atoms with E-state index in [9.17, 15) is 9.50 Å². The van der Waals surface area contributed by atoms with Crippen molar-refractivity contribution < 1.29 is 9.50 Å². The molecule has 0 bridgehead atoms. The minimum absolute atomic E-state index is 0.280. The van der Waals surface area contributed by atoms with E-state index in [-0.39, 0.29) is 5.56 Å². The molecule has 0 fully saturated rings. The number of hydrogen-bond donors (Lipinski definition) is 1. The molecule has 0 radical (unpaired) electrons. The first-order valence-electron chi connectivity index (χ1n) is 5.25. The van der Waals surface area contributed by atoms with E-state index in [0.29, 0.717) is 5.56 Å². The highest BCUT2D eigenvalue weighted by Gasteiger charge is 2.28. The third kappa shape index (κ3) is 2.40. The summed E-state index contributed by atoms with van der Waals surface area (Å²) < 4.78 is 14.6. The maximum Gasteiger partial charge on any atom is 0.129 e. The Hall–Kier alpha value is -1.19. The molecule has 0 aliphatic rings. The van der Waals surface area contributed by atoms with Gasteiger partial charge in [-0.05, 0) is 30.7 Å². The molecule has 2 aromatic rings. The first-order chi connectivity index (χ1) is 8.01. The van der Waals surface area contributed by atoms with Crippen LogP contribution in [0.4, 0.5) is 4.39 Å². The third-order valence-electron chi connectivity index (χ3n) is 2.80. The highest BCUT2D eigenvalue weighted by Crippen LogP contribution is 2.31. The number of halogens is 2. The fourth-order valence-corrected chi connectivity index (χ4v) is 2.05. The molecule has 88 valence electrons. The smallest absolute Gasteiger partial charge is 0.129 e. The van der Waals surface area contributed by atoms with E-state index >= 15 is 0 Å².